The molecule has 0 aromatic heterocycles. The molecule has 0 unspecified atom stereocenters. The molecule has 17 heavy (non-hydrogen) atoms. The number of rotatable bonds is 6. The van der Waals surface area contributed by atoms with Crippen molar-refractivity contribution in [3.8, 4) is 0 Å². The first kappa shape index (κ1) is 13.2. The highest BCUT2D eigenvalue weighted by Crippen LogP contribution is 2.04. The van der Waals surface area contributed by atoms with Gasteiger partial charge in [0.15, 0.2) is 0 Å². The molecule has 1 aromatic carbocycles. The zero-order valence-corrected chi connectivity index (χ0v) is 9.69. The molecular weight excluding hydrogens is 220 g/mol. The maximum absolute atomic E-state index is 11.6. The molecule has 0 saturated carbocycles. The quantitative estimate of drug-likeness (QED) is 0.636. The van der Waals surface area contributed by atoms with Gasteiger partial charge >= 0.3 is 5.97 Å². The maximum Gasteiger partial charge on any atom is 0.335 e. The molecule has 1 aromatic rings. The average Bonchev–Trinajstić information content (AvgIpc) is 2.34. The van der Waals surface area contributed by atoms with Gasteiger partial charge < -0.3 is 15.7 Å². The summed E-state index contributed by atoms with van der Waals surface area (Å²) in [5.74, 6) is -1.18. The SMILES string of the molecule is CNCCCNC(=O)c1ccc(C(=O)O)cc1. The molecule has 0 atom stereocenters. The Bertz CT molecular complexity index is 387. The van der Waals surface area contributed by atoms with Crippen LogP contribution < -0.4 is 10.6 Å². The van der Waals surface area contributed by atoms with Crippen LogP contribution in [0.1, 0.15) is 27.1 Å². The Kier molecular flexibility index (Phi) is 5.16. The van der Waals surface area contributed by atoms with Gasteiger partial charge in [0.2, 0.25) is 0 Å². The van der Waals surface area contributed by atoms with E-state index in [4.69, 9.17) is 5.11 Å². The highest BCUT2D eigenvalue weighted by atomic mass is 16.4. The number of aromatic carboxylic acids is 1. The largest absolute Gasteiger partial charge is 0.478 e. The molecule has 0 radical (unpaired) electrons. The van der Waals surface area contributed by atoms with Gasteiger partial charge in [-0.15, -0.1) is 0 Å². The average molecular weight is 236 g/mol. The summed E-state index contributed by atoms with van der Waals surface area (Å²) >= 11 is 0. The van der Waals surface area contributed by atoms with Crippen LogP contribution in [0.5, 0.6) is 0 Å². The van der Waals surface area contributed by atoms with E-state index in [2.05, 4.69) is 10.6 Å². The molecule has 3 N–H and O–H groups in total. The van der Waals surface area contributed by atoms with Gasteiger partial charge in [-0.1, -0.05) is 0 Å². The van der Waals surface area contributed by atoms with Crippen molar-refractivity contribution in [2.45, 2.75) is 6.42 Å². The fourth-order valence-corrected chi connectivity index (χ4v) is 1.33. The van der Waals surface area contributed by atoms with E-state index in [1.807, 2.05) is 7.05 Å². The Morgan fingerprint density at radius 2 is 1.71 bits per heavy atom. The summed E-state index contributed by atoms with van der Waals surface area (Å²) in [4.78, 5) is 22.2. The molecule has 0 saturated heterocycles. The lowest BCUT2D eigenvalue weighted by molar-refractivity contribution is 0.0696. The van der Waals surface area contributed by atoms with Gasteiger partial charge in [0.25, 0.3) is 5.91 Å². The highest BCUT2D eigenvalue weighted by Gasteiger charge is 2.06. The maximum atomic E-state index is 11.6. The summed E-state index contributed by atoms with van der Waals surface area (Å²) in [6.45, 7) is 1.44. The molecule has 0 heterocycles. The normalized spacial score (nSPS) is 9.94. The Hall–Kier alpha value is -1.88. The summed E-state index contributed by atoms with van der Waals surface area (Å²) in [6, 6.07) is 5.86. The van der Waals surface area contributed by atoms with Crippen LogP contribution in [-0.4, -0.2) is 37.1 Å². The fourth-order valence-electron chi connectivity index (χ4n) is 1.33. The van der Waals surface area contributed by atoms with E-state index in [-0.39, 0.29) is 11.5 Å². The summed E-state index contributed by atoms with van der Waals surface area (Å²) < 4.78 is 0. The Labute approximate surface area is 99.8 Å². The van der Waals surface area contributed by atoms with Crippen LogP contribution in [0.4, 0.5) is 0 Å². The van der Waals surface area contributed by atoms with Gasteiger partial charge in [0.05, 0.1) is 5.56 Å². The van der Waals surface area contributed by atoms with Crippen LogP contribution in [0.15, 0.2) is 24.3 Å². The van der Waals surface area contributed by atoms with Crippen molar-refractivity contribution < 1.29 is 14.7 Å². The van der Waals surface area contributed by atoms with E-state index in [0.717, 1.165) is 13.0 Å². The number of carboxylic acids is 1. The lowest BCUT2D eigenvalue weighted by Gasteiger charge is -2.05. The standard InChI is InChI=1S/C12H16N2O3/c1-13-7-2-8-14-11(15)9-3-5-10(6-4-9)12(16)17/h3-6,13H,2,7-8H2,1H3,(H,14,15)(H,16,17). The van der Waals surface area contributed by atoms with Crippen LogP contribution in [0, 0.1) is 0 Å². The fraction of sp³-hybridized carbons (Fsp3) is 0.333. The molecule has 0 fully saturated rings. The molecule has 0 aliphatic rings. The zero-order valence-electron chi connectivity index (χ0n) is 9.69. The van der Waals surface area contributed by atoms with Crippen LogP contribution in [0.25, 0.3) is 0 Å². The number of hydrogen-bond acceptors (Lipinski definition) is 3. The van der Waals surface area contributed by atoms with E-state index in [9.17, 15) is 9.59 Å². The van der Waals surface area contributed by atoms with E-state index < -0.39 is 5.97 Å². The number of amides is 1. The monoisotopic (exact) mass is 236 g/mol. The third-order valence-electron chi connectivity index (χ3n) is 2.28. The van der Waals surface area contributed by atoms with E-state index in [1.165, 1.54) is 24.3 Å². The first-order valence-electron chi connectivity index (χ1n) is 5.41. The second-order valence-electron chi connectivity index (χ2n) is 3.60. The first-order chi connectivity index (χ1) is 8.15. The second-order valence-corrected chi connectivity index (χ2v) is 3.60. The number of carbonyl (C=O) groups excluding carboxylic acids is 1. The Morgan fingerprint density at radius 3 is 2.24 bits per heavy atom. The van der Waals surface area contributed by atoms with Crippen molar-refractivity contribution in [2.75, 3.05) is 20.1 Å². The summed E-state index contributed by atoms with van der Waals surface area (Å²) in [7, 11) is 1.85. The van der Waals surface area contributed by atoms with E-state index in [0.29, 0.717) is 12.1 Å². The van der Waals surface area contributed by atoms with Crippen molar-refractivity contribution in [3.05, 3.63) is 35.4 Å². The first-order valence-corrected chi connectivity index (χ1v) is 5.41. The number of carbonyl (C=O) groups is 2. The van der Waals surface area contributed by atoms with Gasteiger partial charge in [0.1, 0.15) is 0 Å². The molecule has 1 amide bonds. The molecular formula is C12H16N2O3. The molecule has 0 aliphatic carbocycles. The van der Waals surface area contributed by atoms with Crippen molar-refractivity contribution in [2.24, 2.45) is 0 Å². The third kappa shape index (κ3) is 4.24. The summed E-state index contributed by atoms with van der Waals surface area (Å²) in [5, 5.41) is 14.4. The van der Waals surface area contributed by atoms with Gasteiger partial charge in [-0.2, -0.15) is 0 Å². The van der Waals surface area contributed by atoms with Gasteiger partial charge in [-0.25, -0.2) is 4.79 Å². The van der Waals surface area contributed by atoms with E-state index >= 15 is 0 Å². The van der Waals surface area contributed by atoms with Crippen molar-refractivity contribution >= 4 is 11.9 Å². The van der Waals surface area contributed by atoms with Gasteiger partial charge in [-0.3, -0.25) is 4.79 Å². The Morgan fingerprint density at radius 1 is 1.12 bits per heavy atom. The number of benzene rings is 1. The highest BCUT2D eigenvalue weighted by molar-refractivity contribution is 5.95. The van der Waals surface area contributed by atoms with Crippen LogP contribution >= 0.6 is 0 Å². The number of carboxylic acid groups (broad SMARTS) is 1. The number of hydrogen-bond donors (Lipinski definition) is 3. The van der Waals surface area contributed by atoms with E-state index in [1.54, 1.807) is 0 Å². The molecule has 1 rings (SSSR count). The van der Waals surface area contributed by atoms with Gasteiger partial charge in [-0.05, 0) is 44.3 Å². The Balaban J connectivity index is 2.49. The summed E-state index contributed by atoms with van der Waals surface area (Å²) in [6.07, 6.45) is 0.857. The van der Waals surface area contributed by atoms with Crippen molar-refractivity contribution in [3.63, 3.8) is 0 Å². The molecule has 0 bridgehead atoms. The molecule has 0 aliphatic heterocycles. The molecule has 0 spiro atoms. The molecule has 92 valence electrons. The van der Waals surface area contributed by atoms with Crippen LogP contribution in [-0.2, 0) is 0 Å². The molecule has 5 nitrogen and oxygen atoms in total. The van der Waals surface area contributed by atoms with Crippen molar-refractivity contribution in [1.82, 2.24) is 10.6 Å². The lowest BCUT2D eigenvalue weighted by Crippen LogP contribution is -2.26. The predicted molar refractivity (Wildman–Crippen MR) is 64.3 cm³/mol. The van der Waals surface area contributed by atoms with Crippen LogP contribution in [0.3, 0.4) is 0 Å². The lowest BCUT2D eigenvalue weighted by atomic mass is 10.1. The topological polar surface area (TPSA) is 78.4 Å². The third-order valence-corrected chi connectivity index (χ3v) is 2.28. The number of nitrogens with one attached hydrogen (secondary N) is 2. The zero-order chi connectivity index (χ0) is 12.7. The second kappa shape index (κ2) is 6.65. The minimum absolute atomic E-state index is 0.178. The minimum Gasteiger partial charge on any atom is -0.478 e. The molecule has 5 heteroatoms. The smallest absolute Gasteiger partial charge is 0.335 e. The van der Waals surface area contributed by atoms with Crippen LogP contribution in [0.2, 0.25) is 0 Å². The van der Waals surface area contributed by atoms with Crippen molar-refractivity contribution in [1.29, 1.82) is 0 Å². The minimum atomic E-state index is -0.994. The van der Waals surface area contributed by atoms with Gasteiger partial charge in [0, 0.05) is 12.1 Å². The predicted octanol–water partition coefficient (Wildman–Crippen LogP) is 0.724. The summed E-state index contributed by atoms with van der Waals surface area (Å²) in [5.41, 5.74) is 0.649.